The number of hydrogen-bond donors (Lipinski definition) is 1. The van der Waals surface area contributed by atoms with E-state index in [1.807, 2.05) is 19.9 Å². The molecule has 0 aliphatic heterocycles. The van der Waals surface area contributed by atoms with Gasteiger partial charge in [-0.2, -0.15) is 0 Å². The summed E-state index contributed by atoms with van der Waals surface area (Å²) in [5, 5.41) is 20.0. The van der Waals surface area contributed by atoms with Crippen LogP contribution >= 0.6 is 0 Å². The third kappa shape index (κ3) is 4.86. The van der Waals surface area contributed by atoms with Crippen molar-refractivity contribution in [1.29, 1.82) is 0 Å². The molecule has 0 aromatic heterocycles. The van der Waals surface area contributed by atoms with Crippen LogP contribution in [0.2, 0.25) is 0 Å². The summed E-state index contributed by atoms with van der Waals surface area (Å²) >= 11 is 0. The minimum atomic E-state index is -4.13. The average molecular weight is 406 g/mol. The van der Waals surface area contributed by atoms with Gasteiger partial charge in [0.25, 0.3) is 15.7 Å². The second kappa shape index (κ2) is 8.83. The van der Waals surface area contributed by atoms with Crippen molar-refractivity contribution in [3.8, 4) is 0 Å². The van der Waals surface area contributed by atoms with Crippen molar-refractivity contribution in [3.05, 3.63) is 64.2 Å². The van der Waals surface area contributed by atoms with Crippen LogP contribution in [0.25, 0.3) is 0 Å². The summed E-state index contributed by atoms with van der Waals surface area (Å²) in [4.78, 5) is 21.1. The molecule has 28 heavy (non-hydrogen) atoms. The van der Waals surface area contributed by atoms with Gasteiger partial charge in [0, 0.05) is 25.1 Å². The highest BCUT2D eigenvalue weighted by atomic mass is 32.2. The smallest absolute Gasteiger partial charge is 0.303 e. The van der Waals surface area contributed by atoms with Crippen molar-refractivity contribution in [2.75, 3.05) is 10.8 Å². The summed E-state index contributed by atoms with van der Waals surface area (Å²) in [7, 11) is -4.13. The Morgan fingerprint density at radius 1 is 1.18 bits per heavy atom. The van der Waals surface area contributed by atoms with Crippen LogP contribution in [0.3, 0.4) is 0 Å². The number of nitro groups is 1. The molecule has 2 rings (SSSR count). The van der Waals surface area contributed by atoms with Crippen LogP contribution in [0.15, 0.2) is 53.4 Å². The molecule has 0 bridgehead atoms. The van der Waals surface area contributed by atoms with E-state index in [1.54, 1.807) is 18.2 Å². The third-order valence-corrected chi connectivity index (χ3v) is 6.00. The van der Waals surface area contributed by atoms with Gasteiger partial charge in [-0.3, -0.25) is 19.2 Å². The molecule has 0 spiro atoms. The van der Waals surface area contributed by atoms with Gasteiger partial charge in [0.15, 0.2) is 0 Å². The van der Waals surface area contributed by atoms with Gasteiger partial charge in [-0.15, -0.1) is 0 Å². The number of nitrogens with zero attached hydrogens (tertiary/aromatic N) is 2. The number of sulfonamides is 1. The number of carboxylic acids is 1. The highest BCUT2D eigenvalue weighted by Crippen LogP contribution is 2.32. The number of rotatable bonds is 9. The summed E-state index contributed by atoms with van der Waals surface area (Å²) in [5.74, 6) is -0.997. The average Bonchev–Trinajstić information content (AvgIpc) is 2.65. The molecule has 9 heteroatoms. The van der Waals surface area contributed by atoms with Crippen molar-refractivity contribution in [3.63, 3.8) is 0 Å². The van der Waals surface area contributed by atoms with Crippen LogP contribution in [0, 0.1) is 10.1 Å². The van der Waals surface area contributed by atoms with E-state index in [0.29, 0.717) is 5.69 Å². The molecule has 0 amide bonds. The van der Waals surface area contributed by atoms with Crippen LogP contribution in [-0.4, -0.2) is 31.0 Å². The Morgan fingerprint density at radius 3 is 2.46 bits per heavy atom. The first-order chi connectivity index (χ1) is 13.1. The van der Waals surface area contributed by atoms with E-state index >= 15 is 0 Å². The lowest BCUT2D eigenvalue weighted by Crippen LogP contribution is -2.33. The molecule has 150 valence electrons. The lowest BCUT2D eigenvalue weighted by Gasteiger charge is -2.27. The first kappa shape index (κ1) is 21.4. The molecule has 8 nitrogen and oxygen atoms in total. The van der Waals surface area contributed by atoms with Crippen molar-refractivity contribution >= 4 is 27.4 Å². The summed E-state index contributed by atoms with van der Waals surface area (Å²) in [5.41, 5.74) is 0.893. The monoisotopic (exact) mass is 406 g/mol. The van der Waals surface area contributed by atoms with E-state index in [-0.39, 0.29) is 35.9 Å². The molecule has 2 aromatic carbocycles. The maximum absolute atomic E-state index is 13.3. The zero-order valence-electron chi connectivity index (χ0n) is 15.6. The summed E-state index contributed by atoms with van der Waals surface area (Å²) in [6.07, 6.45) is -0.0826. The predicted molar refractivity (Wildman–Crippen MR) is 105 cm³/mol. The van der Waals surface area contributed by atoms with E-state index < -0.39 is 20.9 Å². The Morgan fingerprint density at radius 2 is 1.86 bits per heavy atom. The van der Waals surface area contributed by atoms with Gasteiger partial charge in [0.2, 0.25) is 0 Å². The molecule has 0 aliphatic carbocycles. The summed E-state index contributed by atoms with van der Waals surface area (Å²) in [6.45, 7) is 3.80. The van der Waals surface area contributed by atoms with E-state index in [9.17, 15) is 23.3 Å². The van der Waals surface area contributed by atoms with Crippen molar-refractivity contribution in [1.82, 2.24) is 0 Å². The zero-order valence-corrected chi connectivity index (χ0v) is 16.4. The van der Waals surface area contributed by atoms with Gasteiger partial charge < -0.3 is 5.11 Å². The molecule has 2 aromatic rings. The van der Waals surface area contributed by atoms with Crippen LogP contribution in [0.5, 0.6) is 0 Å². The molecule has 0 saturated heterocycles. The number of carbonyl (C=O) groups is 1. The number of non-ortho nitro benzene ring substituents is 1. The molecule has 1 N–H and O–H groups in total. The molecule has 0 aliphatic rings. The second-order valence-electron chi connectivity index (χ2n) is 6.54. The van der Waals surface area contributed by atoms with Gasteiger partial charge >= 0.3 is 5.97 Å². The van der Waals surface area contributed by atoms with Crippen molar-refractivity contribution in [2.24, 2.45) is 0 Å². The number of anilines is 1. The molecular formula is C19H22N2O6S. The van der Waals surface area contributed by atoms with Crippen molar-refractivity contribution < 1.29 is 23.2 Å². The number of carboxylic acid groups (broad SMARTS) is 1. The fourth-order valence-electron chi connectivity index (χ4n) is 2.83. The minimum absolute atomic E-state index is 0.0264. The molecule has 0 fully saturated rings. The second-order valence-corrected chi connectivity index (χ2v) is 8.40. The standard InChI is InChI=1S/C19H22N2O6S/c1-14(2)17-9-3-4-10-18(17)20(12-6-11-19(22)23)28(26,27)16-8-5-7-15(13-16)21(24)25/h3-5,7-10,13-14H,6,11-12H2,1-2H3,(H,22,23). The van der Waals surface area contributed by atoms with Gasteiger partial charge in [-0.05, 0) is 30.0 Å². The Bertz CT molecular complexity index is 972. The zero-order chi connectivity index (χ0) is 20.9. The molecular weight excluding hydrogens is 384 g/mol. The van der Waals surface area contributed by atoms with E-state index in [4.69, 9.17) is 5.11 Å². The fraction of sp³-hybridized carbons (Fsp3) is 0.316. The van der Waals surface area contributed by atoms with Gasteiger partial charge in [0.1, 0.15) is 0 Å². The number of benzene rings is 2. The summed E-state index contributed by atoms with van der Waals surface area (Å²) < 4.78 is 27.8. The number of hydrogen-bond acceptors (Lipinski definition) is 5. The third-order valence-electron chi connectivity index (χ3n) is 4.20. The first-order valence-electron chi connectivity index (χ1n) is 8.72. The highest BCUT2D eigenvalue weighted by molar-refractivity contribution is 7.92. The van der Waals surface area contributed by atoms with Crippen LogP contribution in [0.4, 0.5) is 11.4 Å². The lowest BCUT2D eigenvalue weighted by atomic mass is 10.0. The normalized spacial score (nSPS) is 11.4. The SMILES string of the molecule is CC(C)c1ccccc1N(CCCC(=O)O)S(=O)(=O)c1cccc([N+](=O)[O-])c1. The lowest BCUT2D eigenvalue weighted by molar-refractivity contribution is -0.385. The Hall–Kier alpha value is -2.94. The van der Waals surface area contributed by atoms with Crippen molar-refractivity contribution in [2.45, 2.75) is 37.5 Å². The minimum Gasteiger partial charge on any atom is -0.481 e. The van der Waals surface area contributed by atoms with Crippen LogP contribution in [0.1, 0.15) is 38.2 Å². The quantitative estimate of drug-likeness (QED) is 0.500. The largest absolute Gasteiger partial charge is 0.481 e. The first-order valence-corrected chi connectivity index (χ1v) is 10.2. The number of para-hydroxylation sites is 1. The maximum Gasteiger partial charge on any atom is 0.303 e. The number of nitro benzene ring substituents is 1. The molecule has 0 saturated carbocycles. The molecule has 0 radical (unpaired) electrons. The Balaban J connectivity index is 2.56. The van der Waals surface area contributed by atoms with E-state index in [2.05, 4.69) is 0 Å². The molecule has 0 unspecified atom stereocenters. The van der Waals surface area contributed by atoms with Crippen LogP contribution < -0.4 is 4.31 Å². The van der Waals surface area contributed by atoms with E-state index in [0.717, 1.165) is 15.9 Å². The highest BCUT2D eigenvalue weighted by Gasteiger charge is 2.28. The van der Waals surface area contributed by atoms with Crippen LogP contribution in [-0.2, 0) is 14.8 Å². The maximum atomic E-state index is 13.3. The fourth-order valence-corrected chi connectivity index (χ4v) is 4.40. The predicted octanol–water partition coefficient (Wildman–Crippen LogP) is 3.78. The van der Waals surface area contributed by atoms with E-state index in [1.165, 1.54) is 18.2 Å². The van der Waals surface area contributed by atoms with Gasteiger partial charge in [0.05, 0.1) is 15.5 Å². The number of aliphatic carboxylic acids is 1. The molecule has 0 heterocycles. The molecule has 0 atom stereocenters. The topological polar surface area (TPSA) is 118 Å². The van der Waals surface area contributed by atoms with Gasteiger partial charge in [-0.25, -0.2) is 8.42 Å². The Kier molecular flexibility index (Phi) is 6.74. The van der Waals surface area contributed by atoms with Gasteiger partial charge in [-0.1, -0.05) is 38.1 Å². The Labute approximate surface area is 163 Å². The summed E-state index contributed by atoms with van der Waals surface area (Å²) in [6, 6.07) is 11.8.